The quantitative estimate of drug-likeness (QED) is 0.499. The molecule has 0 aromatic rings. The second-order valence-electron chi connectivity index (χ2n) is 4.35. The first-order chi connectivity index (χ1) is 6.68. The fourth-order valence-electron chi connectivity index (χ4n) is 2.02. The van der Waals surface area contributed by atoms with Crippen LogP contribution in [0.2, 0.25) is 0 Å². The predicted molar refractivity (Wildman–Crippen MR) is 53.9 cm³/mol. The molecule has 1 saturated heterocycles. The highest BCUT2D eigenvalue weighted by molar-refractivity contribution is 5.83. The number of amidine groups is 1. The molecule has 1 aliphatic carbocycles. The van der Waals surface area contributed by atoms with Crippen molar-refractivity contribution < 1.29 is 4.79 Å². The number of likely N-dealkylation sites (tertiary alicyclic amines) is 1. The third-order valence-electron chi connectivity index (χ3n) is 3.10. The summed E-state index contributed by atoms with van der Waals surface area (Å²) in [5.41, 5.74) is 5.47. The Labute approximate surface area is 84.0 Å². The Kier molecular flexibility index (Phi) is 2.44. The summed E-state index contributed by atoms with van der Waals surface area (Å²) in [5.74, 6) is 0.918. The van der Waals surface area contributed by atoms with E-state index < -0.39 is 0 Å². The van der Waals surface area contributed by atoms with Gasteiger partial charge in [-0.25, -0.2) is 0 Å². The molecule has 4 nitrogen and oxygen atoms in total. The zero-order valence-corrected chi connectivity index (χ0v) is 8.33. The first-order valence-corrected chi connectivity index (χ1v) is 5.31. The number of carbonyl (C=O) groups excluding carboxylic acids is 1. The van der Waals surface area contributed by atoms with E-state index in [-0.39, 0.29) is 17.7 Å². The largest absolute Gasteiger partial charge is 0.387 e. The predicted octanol–water partition coefficient (Wildman–Crippen LogP) is 0.571. The lowest BCUT2D eigenvalue weighted by atomic mass is 9.97. The van der Waals surface area contributed by atoms with Gasteiger partial charge in [0, 0.05) is 24.9 Å². The third kappa shape index (κ3) is 1.89. The Morgan fingerprint density at radius 3 is 2.57 bits per heavy atom. The number of nitrogens with zero attached hydrogens (tertiary/aromatic N) is 1. The van der Waals surface area contributed by atoms with E-state index in [1.165, 1.54) is 0 Å². The van der Waals surface area contributed by atoms with E-state index in [0.717, 1.165) is 32.2 Å². The van der Waals surface area contributed by atoms with Crippen LogP contribution in [0.1, 0.15) is 25.7 Å². The van der Waals surface area contributed by atoms with Crippen molar-refractivity contribution in [1.82, 2.24) is 4.90 Å². The summed E-state index contributed by atoms with van der Waals surface area (Å²) in [4.78, 5) is 13.6. The van der Waals surface area contributed by atoms with E-state index in [9.17, 15) is 4.79 Å². The van der Waals surface area contributed by atoms with Gasteiger partial charge in [-0.2, -0.15) is 0 Å². The maximum absolute atomic E-state index is 11.7. The topological polar surface area (TPSA) is 70.2 Å². The molecule has 3 N–H and O–H groups in total. The van der Waals surface area contributed by atoms with Crippen LogP contribution in [-0.2, 0) is 4.79 Å². The van der Waals surface area contributed by atoms with Crippen LogP contribution in [0.25, 0.3) is 0 Å². The van der Waals surface area contributed by atoms with Gasteiger partial charge in [-0.1, -0.05) is 0 Å². The molecule has 0 aromatic carbocycles. The molecule has 0 unspecified atom stereocenters. The van der Waals surface area contributed by atoms with Gasteiger partial charge in [0.2, 0.25) is 5.91 Å². The Morgan fingerprint density at radius 2 is 2.00 bits per heavy atom. The van der Waals surface area contributed by atoms with Crippen LogP contribution in [-0.4, -0.2) is 29.7 Å². The lowest BCUT2D eigenvalue weighted by molar-refractivity contribution is -0.133. The van der Waals surface area contributed by atoms with Crippen LogP contribution in [0.5, 0.6) is 0 Å². The number of rotatable bonds is 2. The average Bonchev–Trinajstić information content (AvgIpc) is 3.00. The summed E-state index contributed by atoms with van der Waals surface area (Å²) >= 11 is 0. The number of amides is 1. The molecular formula is C10H17N3O. The molecule has 1 aliphatic heterocycles. The lowest BCUT2D eigenvalue weighted by Crippen LogP contribution is -2.44. The van der Waals surface area contributed by atoms with Crippen molar-refractivity contribution in [3.8, 4) is 0 Å². The molecular weight excluding hydrogens is 178 g/mol. The molecule has 1 amide bonds. The summed E-state index contributed by atoms with van der Waals surface area (Å²) in [6.07, 6.45) is 4.06. The van der Waals surface area contributed by atoms with Crippen molar-refractivity contribution in [3.05, 3.63) is 0 Å². The Hall–Kier alpha value is -1.06. The normalized spacial score (nSPS) is 27.4. The minimum Gasteiger partial charge on any atom is -0.387 e. The fraction of sp³-hybridized carbons (Fsp3) is 0.800. The van der Waals surface area contributed by atoms with Crippen LogP contribution >= 0.6 is 0 Å². The van der Waals surface area contributed by atoms with Gasteiger partial charge in [-0.3, -0.25) is 10.2 Å². The highest BCUT2D eigenvalue weighted by Crippen LogP contribution is 2.32. The van der Waals surface area contributed by atoms with Crippen LogP contribution in [0.15, 0.2) is 0 Å². The Bertz CT molecular complexity index is 260. The van der Waals surface area contributed by atoms with Crippen LogP contribution in [0.3, 0.4) is 0 Å². The minimum absolute atomic E-state index is 0.103. The van der Waals surface area contributed by atoms with Gasteiger partial charge < -0.3 is 10.6 Å². The number of nitrogens with one attached hydrogen (secondary N) is 1. The number of nitrogens with two attached hydrogens (primary N) is 1. The van der Waals surface area contributed by atoms with Gasteiger partial charge in [0.05, 0.1) is 5.84 Å². The van der Waals surface area contributed by atoms with Crippen molar-refractivity contribution >= 4 is 11.7 Å². The molecule has 2 rings (SSSR count). The number of hydrogen-bond donors (Lipinski definition) is 2. The van der Waals surface area contributed by atoms with Gasteiger partial charge in [0.1, 0.15) is 0 Å². The van der Waals surface area contributed by atoms with Crippen molar-refractivity contribution in [3.63, 3.8) is 0 Å². The van der Waals surface area contributed by atoms with Crippen molar-refractivity contribution in [2.24, 2.45) is 17.6 Å². The van der Waals surface area contributed by atoms with Crippen molar-refractivity contribution in [2.75, 3.05) is 13.1 Å². The zero-order chi connectivity index (χ0) is 10.1. The second kappa shape index (κ2) is 3.59. The van der Waals surface area contributed by atoms with Crippen LogP contribution < -0.4 is 5.73 Å². The van der Waals surface area contributed by atoms with E-state index in [4.69, 9.17) is 11.1 Å². The Balaban J connectivity index is 1.92. The van der Waals surface area contributed by atoms with Crippen LogP contribution in [0.4, 0.5) is 0 Å². The molecule has 2 aliphatic rings. The number of hydrogen-bond acceptors (Lipinski definition) is 2. The summed E-state index contributed by atoms with van der Waals surface area (Å²) < 4.78 is 0. The van der Waals surface area contributed by atoms with Gasteiger partial charge in [-0.05, 0) is 25.7 Å². The lowest BCUT2D eigenvalue weighted by Gasteiger charge is -2.32. The molecule has 1 atom stereocenters. The van der Waals surface area contributed by atoms with Crippen LogP contribution in [0, 0.1) is 17.2 Å². The van der Waals surface area contributed by atoms with E-state index in [0.29, 0.717) is 12.5 Å². The molecule has 0 aromatic heterocycles. The fourth-order valence-corrected chi connectivity index (χ4v) is 2.02. The monoisotopic (exact) mass is 195 g/mol. The minimum atomic E-state index is 0.103. The van der Waals surface area contributed by atoms with Crippen molar-refractivity contribution in [2.45, 2.75) is 25.7 Å². The highest BCUT2D eigenvalue weighted by Gasteiger charge is 2.35. The third-order valence-corrected chi connectivity index (χ3v) is 3.10. The smallest absolute Gasteiger partial charge is 0.225 e. The molecule has 0 radical (unpaired) electrons. The van der Waals surface area contributed by atoms with Gasteiger partial charge in [0.25, 0.3) is 0 Å². The molecule has 0 bridgehead atoms. The second-order valence-corrected chi connectivity index (χ2v) is 4.35. The number of carbonyl (C=O) groups is 1. The first kappa shape index (κ1) is 9.49. The maximum atomic E-state index is 11.7. The van der Waals surface area contributed by atoms with Gasteiger partial charge in [0.15, 0.2) is 0 Å². The SMILES string of the molecule is N=C(N)[C@@H]1CCCN(C(=O)C2CC2)C1. The summed E-state index contributed by atoms with van der Waals surface area (Å²) in [7, 11) is 0. The van der Waals surface area contributed by atoms with Gasteiger partial charge >= 0.3 is 0 Å². The zero-order valence-electron chi connectivity index (χ0n) is 8.33. The van der Waals surface area contributed by atoms with E-state index in [1.54, 1.807) is 0 Å². The Morgan fingerprint density at radius 1 is 1.29 bits per heavy atom. The number of piperidine rings is 1. The average molecular weight is 195 g/mol. The summed E-state index contributed by atoms with van der Waals surface area (Å²) in [6, 6.07) is 0. The van der Waals surface area contributed by atoms with E-state index >= 15 is 0 Å². The molecule has 2 fully saturated rings. The van der Waals surface area contributed by atoms with E-state index in [1.807, 2.05) is 4.90 Å². The summed E-state index contributed by atoms with van der Waals surface area (Å²) in [5, 5.41) is 7.38. The molecule has 78 valence electrons. The van der Waals surface area contributed by atoms with Crippen molar-refractivity contribution in [1.29, 1.82) is 5.41 Å². The molecule has 1 heterocycles. The summed E-state index contributed by atoms with van der Waals surface area (Å²) in [6.45, 7) is 1.53. The molecule has 1 saturated carbocycles. The molecule has 4 heteroatoms. The maximum Gasteiger partial charge on any atom is 0.225 e. The first-order valence-electron chi connectivity index (χ1n) is 5.31. The van der Waals surface area contributed by atoms with E-state index in [2.05, 4.69) is 0 Å². The van der Waals surface area contributed by atoms with Gasteiger partial charge in [-0.15, -0.1) is 0 Å². The highest BCUT2D eigenvalue weighted by atomic mass is 16.2. The molecule has 0 spiro atoms. The molecule has 14 heavy (non-hydrogen) atoms. The standard InChI is InChI=1S/C10H17N3O/c11-9(12)8-2-1-5-13(6-8)10(14)7-3-4-7/h7-8H,1-6H2,(H3,11,12)/t8-/m1/s1.